The number of anilines is 2. The number of hydrogen-bond donors (Lipinski definition) is 1. The molecule has 7 nitrogen and oxygen atoms in total. The molecule has 1 atom stereocenters. The molecule has 0 radical (unpaired) electrons. The minimum absolute atomic E-state index is 0.371. The fraction of sp³-hybridized carbons (Fsp3) is 0.250. The Balaban J connectivity index is 1.82. The summed E-state index contributed by atoms with van der Waals surface area (Å²) in [5.74, 6) is 0.810. The first-order chi connectivity index (χ1) is 16.2. The van der Waals surface area contributed by atoms with Gasteiger partial charge < -0.3 is 19.5 Å². The van der Waals surface area contributed by atoms with Crippen LogP contribution in [0.3, 0.4) is 0 Å². The van der Waals surface area contributed by atoms with E-state index in [4.69, 9.17) is 9.47 Å². The van der Waals surface area contributed by atoms with E-state index < -0.39 is 18.8 Å². The Kier molecular flexibility index (Phi) is 6.34. The standard InChI is InChI=1S/C24H23F3N4O3/c1-30-13-17(12-29-30)16-6-15-7-18(4-5-22(15)28-11-16)31(14-23(32)24(25,26)27)19-8-20(33-2)10-21(9-19)34-3/h4-13,23,32H,14H2,1-3H3. The number of pyridine rings is 1. The Morgan fingerprint density at radius 2 is 1.68 bits per heavy atom. The number of aliphatic hydroxyl groups is 1. The van der Waals surface area contributed by atoms with Gasteiger partial charge in [0.05, 0.1) is 32.5 Å². The number of rotatable bonds is 7. The first-order valence-corrected chi connectivity index (χ1v) is 10.3. The summed E-state index contributed by atoms with van der Waals surface area (Å²) in [5, 5.41) is 14.8. The van der Waals surface area contributed by atoms with Crippen LogP contribution in [-0.2, 0) is 7.05 Å². The Labute approximate surface area is 194 Å². The lowest BCUT2D eigenvalue weighted by atomic mass is 10.1. The number of ether oxygens (including phenoxy) is 2. The van der Waals surface area contributed by atoms with Gasteiger partial charge in [0.25, 0.3) is 0 Å². The number of benzene rings is 2. The Hall–Kier alpha value is -3.79. The predicted octanol–water partition coefficient (Wildman–Crippen LogP) is 4.71. The van der Waals surface area contributed by atoms with Gasteiger partial charge in [0.15, 0.2) is 6.10 Å². The van der Waals surface area contributed by atoms with E-state index in [2.05, 4.69) is 10.1 Å². The minimum Gasteiger partial charge on any atom is -0.497 e. The highest BCUT2D eigenvalue weighted by molar-refractivity contribution is 5.87. The van der Waals surface area contributed by atoms with E-state index in [-0.39, 0.29) is 0 Å². The topological polar surface area (TPSA) is 72.6 Å². The summed E-state index contributed by atoms with van der Waals surface area (Å²) in [6.45, 7) is -0.721. The van der Waals surface area contributed by atoms with Gasteiger partial charge in [-0.05, 0) is 24.3 Å². The van der Waals surface area contributed by atoms with Crippen LogP contribution in [0.4, 0.5) is 24.5 Å². The summed E-state index contributed by atoms with van der Waals surface area (Å²) < 4.78 is 52.1. The maximum atomic E-state index is 13.3. The third-order valence-corrected chi connectivity index (χ3v) is 5.40. The van der Waals surface area contributed by atoms with Crippen molar-refractivity contribution in [1.82, 2.24) is 14.8 Å². The maximum Gasteiger partial charge on any atom is 0.416 e. The Morgan fingerprint density at radius 1 is 0.971 bits per heavy atom. The molecule has 0 spiro atoms. The smallest absolute Gasteiger partial charge is 0.416 e. The zero-order chi connectivity index (χ0) is 24.5. The first kappa shape index (κ1) is 23.4. The highest BCUT2D eigenvalue weighted by Gasteiger charge is 2.39. The van der Waals surface area contributed by atoms with Crippen molar-refractivity contribution in [1.29, 1.82) is 0 Å². The number of aliphatic hydroxyl groups excluding tert-OH is 1. The highest BCUT2D eigenvalue weighted by atomic mass is 19.4. The average molecular weight is 472 g/mol. The molecule has 1 N–H and O–H groups in total. The normalized spacial score (nSPS) is 12.6. The molecule has 10 heteroatoms. The molecule has 0 saturated carbocycles. The van der Waals surface area contributed by atoms with Crippen LogP contribution in [-0.4, -0.2) is 52.9 Å². The molecule has 1 unspecified atom stereocenters. The summed E-state index contributed by atoms with van der Waals surface area (Å²) in [7, 11) is 4.71. The summed E-state index contributed by atoms with van der Waals surface area (Å²) in [6.07, 6.45) is -2.08. The third kappa shape index (κ3) is 4.91. The quantitative estimate of drug-likeness (QED) is 0.420. The SMILES string of the molecule is COc1cc(OC)cc(N(CC(O)C(F)(F)F)c2ccc3ncc(-c4cnn(C)c4)cc3c2)c1. The fourth-order valence-electron chi connectivity index (χ4n) is 3.60. The Bertz CT molecular complexity index is 1280. The summed E-state index contributed by atoms with van der Waals surface area (Å²) in [5.41, 5.74) is 3.18. The lowest BCUT2D eigenvalue weighted by Gasteiger charge is -2.29. The molecular weight excluding hydrogens is 449 g/mol. The van der Waals surface area contributed by atoms with Crippen LogP contribution in [0, 0.1) is 0 Å². The van der Waals surface area contributed by atoms with E-state index in [1.807, 2.05) is 19.3 Å². The van der Waals surface area contributed by atoms with Crippen molar-refractivity contribution in [3.8, 4) is 22.6 Å². The number of methoxy groups -OCH3 is 2. The van der Waals surface area contributed by atoms with Gasteiger partial charge in [-0.1, -0.05) is 0 Å². The number of aryl methyl sites for hydroxylation is 1. The van der Waals surface area contributed by atoms with Crippen molar-refractivity contribution in [2.45, 2.75) is 12.3 Å². The molecule has 0 fully saturated rings. The minimum atomic E-state index is -4.78. The zero-order valence-corrected chi connectivity index (χ0v) is 18.7. The molecule has 0 aliphatic heterocycles. The second-order valence-corrected chi connectivity index (χ2v) is 7.74. The largest absolute Gasteiger partial charge is 0.497 e. The van der Waals surface area contributed by atoms with E-state index in [1.165, 1.54) is 19.1 Å². The summed E-state index contributed by atoms with van der Waals surface area (Å²) >= 11 is 0. The van der Waals surface area contributed by atoms with Gasteiger partial charge in [-0.15, -0.1) is 0 Å². The molecule has 0 aliphatic carbocycles. The number of fused-ring (bicyclic) bond motifs is 1. The van der Waals surface area contributed by atoms with Crippen LogP contribution in [0.25, 0.3) is 22.0 Å². The molecule has 2 aromatic carbocycles. The second-order valence-electron chi connectivity index (χ2n) is 7.74. The van der Waals surface area contributed by atoms with E-state index in [1.54, 1.807) is 53.5 Å². The number of aromatic nitrogens is 3. The number of hydrogen-bond acceptors (Lipinski definition) is 6. The van der Waals surface area contributed by atoms with Crippen LogP contribution in [0.5, 0.6) is 11.5 Å². The Morgan fingerprint density at radius 3 is 2.26 bits per heavy atom. The van der Waals surface area contributed by atoms with E-state index in [0.717, 1.165) is 16.5 Å². The van der Waals surface area contributed by atoms with Crippen molar-refractivity contribution in [2.75, 3.05) is 25.7 Å². The molecule has 0 bridgehead atoms. The molecular formula is C24H23F3N4O3. The average Bonchev–Trinajstić information content (AvgIpc) is 3.26. The molecule has 0 saturated heterocycles. The number of alkyl halides is 3. The van der Waals surface area contributed by atoms with E-state index in [0.29, 0.717) is 28.4 Å². The van der Waals surface area contributed by atoms with Gasteiger partial charge in [0.2, 0.25) is 0 Å². The molecule has 4 rings (SSSR count). The van der Waals surface area contributed by atoms with Crippen LogP contribution >= 0.6 is 0 Å². The molecule has 34 heavy (non-hydrogen) atoms. The van der Waals surface area contributed by atoms with Crippen LogP contribution in [0.15, 0.2) is 61.1 Å². The van der Waals surface area contributed by atoms with Crippen molar-refractivity contribution < 1.29 is 27.8 Å². The van der Waals surface area contributed by atoms with E-state index in [9.17, 15) is 18.3 Å². The predicted molar refractivity (Wildman–Crippen MR) is 123 cm³/mol. The molecule has 2 heterocycles. The van der Waals surface area contributed by atoms with Gasteiger partial charge in [-0.3, -0.25) is 9.67 Å². The molecule has 2 aromatic heterocycles. The first-order valence-electron chi connectivity index (χ1n) is 10.3. The number of halogens is 3. The second kappa shape index (κ2) is 9.22. The molecule has 178 valence electrons. The van der Waals surface area contributed by atoms with Crippen molar-refractivity contribution >= 4 is 22.3 Å². The van der Waals surface area contributed by atoms with Crippen LogP contribution in [0.2, 0.25) is 0 Å². The molecule has 0 aliphatic rings. The van der Waals surface area contributed by atoms with Gasteiger partial charge in [0.1, 0.15) is 11.5 Å². The van der Waals surface area contributed by atoms with Gasteiger partial charge in [-0.2, -0.15) is 18.3 Å². The van der Waals surface area contributed by atoms with Crippen molar-refractivity contribution in [3.63, 3.8) is 0 Å². The van der Waals surface area contributed by atoms with E-state index >= 15 is 0 Å². The molecule has 0 amide bonds. The van der Waals surface area contributed by atoms with Gasteiger partial charge >= 0.3 is 6.18 Å². The third-order valence-electron chi connectivity index (χ3n) is 5.40. The van der Waals surface area contributed by atoms with Crippen LogP contribution < -0.4 is 14.4 Å². The summed E-state index contributed by atoms with van der Waals surface area (Å²) in [6, 6.07) is 11.8. The summed E-state index contributed by atoms with van der Waals surface area (Å²) in [4.78, 5) is 5.84. The van der Waals surface area contributed by atoms with Gasteiger partial charge in [0, 0.05) is 65.5 Å². The molecule has 4 aromatic rings. The lowest BCUT2D eigenvalue weighted by molar-refractivity contribution is -0.199. The van der Waals surface area contributed by atoms with Crippen LogP contribution in [0.1, 0.15) is 0 Å². The highest BCUT2D eigenvalue weighted by Crippen LogP contribution is 2.36. The lowest BCUT2D eigenvalue weighted by Crippen LogP contribution is -2.39. The number of nitrogens with zero attached hydrogens (tertiary/aromatic N) is 4. The van der Waals surface area contributed by atoms with Gasteiger partial charge in [-0.25, -0.2) is 0 Å². The zero-order valence-electron chi connectivity index (χ0n) is 18.7. The maximum absolute atomic E-state index is 13.3. The van der Waals surface area contributed by atoms with Crippen molar-refractivity contribution in [2.24, 2.45) is 7.05 Å². The fourth-order valence-corrected chi connectivity index (χ4v) is 3.60. The van der Waals surface area contributed by atoms with Crippen molar-refractivity contribution in [3.05, 3.63) is 61.1 Å². The monoisotopic (exact) mass is 472 g/mol.